The quantitative estimate of drug-likeness (QED) is 0.572. The van der Waals surface area contributed by atoms with Gasteiger partial charge in [-0.2, -0.15) is 9.61 Å². The topological polar surface area (TPSA) is 58.4 Å². The van der Waals surface area contributed by atoms with E-state index in [-0.39, 0.29) is 0 Å². The van der Waals surface area contributed by atoms with Gasteiger partial charge in [0.15, 0.2) is 5.65 Å². The highest BCUT2D eigenvalue weighted by Crippen LogP contribution is 2.32. The molecule has 0 spiro atoms. The third-order valence-electron chi connectivity index (χ3n) is 4.49. The van der Waals surface area contributed by atoms with Crippen molar-refractivity contribution in [2.75, 3.05) is 30.9 Å². The predicted octanol–water partition coefficient (Wildman–Crippen LogP) is 3.51. The Labute approximate surface area is 158 Å². The molecule has 6 heteroatoms. The SMILES string of the molecule is CN(C)c1ccccc1-c1cnn2c(NCCc3ccccn3)ccnc12. The molecule has 0 aliphatic heterocycles. The Hall–Kier alpha value is -3.41. The average Bonchev–Trinajstić information content (AvgIpc) is 3.13. The first-order chi connectivity index (χ1) is 13.2. The molecule has 0 amide bonds. The zero-order valence-electron chi connectivity index (χ0n) is 15.5. The summed E-state index contributed by atoms with van der Waals surface area (Å²) in [5.41, 5.74) is 5.19. The monoisotopic (exact) mass is 358 g/mol. The number of rotatable bonds is 6. The molecule has 0 fully saturated rings. The van der Waals surface area contributed by atoms with Crippen molar-refractivity contribution < 1.29 is 0 Å². The number of hydrogen-bond donors (Lipinski definition) is 1. The van der Waals surface area contributed by atoms with Gasteiger partial charge in [-0.25, -0.2) is 4.98 Å². The van der Waals surface area contributed by atoms with Crippen LogP contribution < -0.4 is 10.2 Å². The smallest absolute Gasteiger partial charge is 0.165 e. The van der Waals surface area contributed by atoms with Crippen LogP contribution in [0.4, 0.5) is 11.5 Å². The number of fused-ring (bicyclic) bond motifs is 1. The van der Waals surface area contributed by atoms with E-state index in [1.165, 1.54) is 0 Å². The second kappa shape index (κ2) is 7.45. The lowest BCUT2D eigenvalue weighted by Crippen LogP contribution is -2.10. The summed E-state index contributed by atoms with van der Waals surface area (Å²) in [7, 11) is 4.09. The number of benzene rings is 1. The normalized spacial score (nSPS) is 10.9. The summed E-state index contributed by atoms with van der Waals surface area (Å²) in [5.74, 6) is 0.921. The van der Waals surface area contributed by atoms with Crippen LogP contribution in [0, 0.1) is 0 Å². The molecular weight excluding hydrogens is 336 g/mol. The highest BCUT2D eigenvalue weighted by Gasteiger charge is 2.14. The van der Waals surface area contributed by atoms with Gasteiger partial charge in [0.2, 0.25) is 0 Å². The van der Waals surface area contributed by atoms with E-state index in [1.807, 2.05) is 73.6 Å². The largest absolute Gasteiger partial charge is 0.377 e. The molecular formula is C21H22N6. The number of hydrogen-bond acceptors (Lipinski definition) is 5. The second-order valence-electron chi connectivity index (χ2n) is 6.53. The van der Waals surface area contributed by atoms with Crippen molar-refractivity contribution in [1.82, 2.24) is 19.6 Å². The third kappa shape index (κ3) is 3.46. The number of nitrogens with one attached hydrogen (secondary N) is 1. The van der Waals surface area contributed by atoms with Crippen molar-refractivity contribution in [3.63, 3.8) is 0 Å². The number of nitrogens with zero attached hydrogens (tertiary/aromatic N) is 5. The summed E-state index contributed by atoms with van der Waals surface area (Å²) < 4.78 is 1.86. The highest BCUT2D eigenvalue weighted by atomic mass is 15.3. The fourth-order valence-electron chi connectivity index (χ4n) is 3.17. The minimum absolute atomic E-state index is 0.777. The maximum absolute atomic E-state index is 4.58. The summed E-state index contributed by atoms with van der Waals surface area (Å²) in [6, 6.07) is 16.2. The van der Waals surface area contributed by atoms with E-state index in [0.29, 0.717) is 0 Å². The van der Waals surface area contributed by atoms with Crippen LogP contribution in [-0.4, -0.2) is 40.2 Å². The van der Waals surface area contributed by atoms with Gasteiger partial charge in [0.05, 0.1) is 6.20 Å². The van der Waals surface area contributed by atoms with E-state index in [9.17, 15) is 0 Å². The van der Waals surface area contributed by atoms with Crippen LogP contribution in [-0.2, 0) is 6.42 Å². The first-order valence-electron chi connectivity index (χ1n) is 8.97. The fraction of sp³-hybridized carbons (Fsp3) is 0.190. The van der Waals surface area contributed by atoms with Crippen LogP contribution in [0.1, 0.15) is 5.69 Å². The van der Waals surface area contributed by atoms with E-state index < -0.39 is 0 Å². The van der Waals surface area contributed by atoms with Crippen molar-refractivity contribution in [1.29, 1.82) is 0 Å². The lowest BCUT2D eigenvalue weighted by molar-refractivity contribution is 0.901. The molecule has 4 aromatic rings. The minimum atomic E-state index is 0.777. The fourth-order valence-corrected chi connectivity index (χ4v) is 3.17. The molecule has 0 aliphatic carbocycles. The molecule has 3 heterocycles. The highest BCUT2D eigenvalue weighted by molar-refractivity contribution is 5.86. The molecule has 3 aromatic heterocycles. The molecule has 1 aromatic carbocycles. The molecule has 0 unspecified atom stereocenters. The molecule has 136 valence electrons. The summed E-state index contributed by atoms with van der Waals surface area (Å²) in [6.07, 6.45) is 6.38. The van der Waals surface area contributed by atoms with E-state index in [4.69, 9.17) is 0 Å². The Morgan fingerprint density at radius 3 is 2.59 bits per heavy atom. The van der Waals surface area contributed by atoms with E-state index in [2.05, 4.69) is 37.4 Å². The molecule has 4 rings (SSSR count). The van der Waals surface area contributed by atoms with Gasteiger partial charge < -0.3 is 10.2 Å². The summed E-state index contributed by atoms with van der Waals surface area (Å²) >= 11 is 0. The molecule has 0 atom stereocenters. The van der Waals surface area contributed by atoms with Crippen molar-refractivity contribution in [2.45, 2.75) is 6.42 Å². The Morgan fingerprint density at radius 1 is 0.926 bits per heavy atom. The molecule has 0 saturated carbocycles. The van der Waals surface area contributed by atoms with Crippen molar-refractivity contribution >= 4 is 17.2 Å². The van der Waals surface area contributed by atoms with Crippen molar-refractivity contribution in [2.24, 2.45) is 0 Å². The van der Waals surface area contributed by atoms with Gasteiger partial charge in [-0.3, -0.25) is 4.98 Å². The van der Waals surface area contributed by atoms with Gasteiger partial charge in [-0.1, -0.05) is 24.3 Å². The first-order valence-corrected chi connectivity index (χ1v) is 8.97. The molecule has 0 saturated heterocycles. The van der Waals surface area contributed by atoms with Crippen LogP contribution >= 0.6 is 0 Å². The first kappa shape index (κ1) is 17.0. The molecule has 0 bridgehead atoms. The van der Waals surface area contributed by atoms with Gasteiger partial charge in [0, 0.05) is 62.0 Å². The Bertz CT molecular complexity index is 1040. The predicted molar refractivity (Wildman–Crippen MR) is 109 cm³/mol. The van der Waals surface area contributed by atoms with Crippen LogP contribution in [0.25, 0.3) is 16.8 Å². The van der Waals surface area contributed by atoms with Crippen molar-refractivity contribution in [3.8, 4) is 11.1 Å². The van der Waals surface area contributed by atoms with Crippen LogP contribution in [0.15, 0.2) is 67.1 Å². The zero-order chi connectivity index (χ0) is 18.6. The molecule has 1 N–H and O–H groups in total. The van der Waals surface area contributed by atoms with Gasteiger partial charge in [-0.15, -0.1) is 0 Å². The molecule has 6 nitrogen and oxygen atoms in total. The minimum Gasteiger partial charge on any atom is -0.377 e. The number of pyridine rings is 1. The Morgan fingerprint density at radius 2 is 1.78 bits per heavy atom. The summed E-state index contributed by atoms with van der Waals surface area (Å²) in [5, 5.41) is 8.03. The van der Waals surface area contributed by atoms with E-state index >= 15 is 0 Å². The molecule has 27 heavy (non-hydrogen) atoms. The van der Waals surface area contributed by atoms with Crippen LogP contribution in [0.2, 0.25) is 0 Å². The lowest BCUT2D eigenvalue weighted by atomic mass is 10.1. The van der Waals surface area contributed by atoms with Crippen LogP contribution in [0.5, 0.6) is 0 Å². The summed E-state index contributed by atoms with van der Waals surface area (Å²) in [6.45, 7) is 0.777. The standard InChI is InChI=1S/C21H22N6/c1-26(2)19-9-4-3-8-17(19)18-15-25-27-20(11-14-24-21(18)27)23-13-10-16-7-5-6-12-22-16/h3-9,11-12,14-15,23H,10,13H2,1-2H3. The van der Waals surface area contributed by atoms with Crippen LogP contribution in [0.3, 0.4) is 0 Å². The number of anilines is 2. The van der Waals surface area contributed by atoms with E-state index in [0.717, 1.165) is 46.9 Å². The van der Waals surface area contributed by atoms with E-state index in [1.54, 1.807) is 0 Å². The average molecular weight is 358 g/mol. The Balaban J connectivity index is 1.62. The number of para-hydroxylation sites is 1. The van der Waals surface area contributed by atoms with Gasteiger partial charge in [-0.05, 0) is 24.3 Å². The number of aromatic nitrogens is 4. The molecule has 0 radical (unpaired) electrons. The third-order valence-corrected chi connectivity index (χ3v) is 4.49. The second-order valence-corrected chi connectivity index (χ2v) is 6.53. The van der Waals surface area contributed by atoms with Gasteiger partial charge in [0.25, 0.3) is 0 Å². The van der Waals surface area contributed by atoms with Gasteiger partial charge >= 0.3 is 0 Å². The lowest BCUT2D eigenvalue weighted by Gasteiger charge is -2.16. The van der Waals surface area contributed by atoms with Crippen molar-refractivity contribution in [3.05, 3.63) is 72.8 Å². The summed E-state index contributed by atoms with van der Waals surface area (Å²) in [4.78, 5) is 11.0. The Kier molecular flexibility index (Phi) is 4.70. The maximum atomic E-state index is 4.58. The maximum Gasteiger partial charge on any atom is 0.165 e. The molecule has 0 aliphatic rings. The zero-order valence-corrected chi connectivity index (χ0v) is 15.5. The van der Waals surface area contributed by atoms with Gasteiger partial charge in [0.1, 0.15) is 5.82 Å².